The highest BCUT2D eigenvalue weighted by molar-refractivity contribution is 6.30. The molecule has 2 N–H and O–H groups in total. The smallest absolute Gasteiger partial charge is 0.122 e. The van der Waals surface area contributed by atoms with Gasteiger partial charge in [-0.05, 0) is 33.0 Å². The van der Waals surface area contributed by atoms with Crippen LogP contribution >= 0.6 is 11.6 Å². The van der Waals surface area contributed by atoms with Crippen LogP contribution < -0.4 is 5.32 Å². The van der Waals surface area contributed by atoms with Crippen molar-refractivity contribution in [2.24, 2.45) is 0 Å². The summed E-state index contributed by atoms with van der Waals surface area (Å²) in [7, 11) is 1.86. The molecule has 0 radical (unpaired) electrons. The fourth-order valence-corrected chi connectivity index (χ4v) is 1.33. The van der Waals surface area contributed by atoms with E-state index in [1.165, 1.54) is 0 Å². The molecule has 0 aliphatic rings. The lowest BCUT2D eigenvalue weighted by atomic mass is 9.94. The second-order valence-corrected chi connectivity index (χ2v) is 3.97. The van der Waals surface area contributed by atoms with E-state index in [0.717, 1.165) is 5.56 Å². The molecule has 0 aliphatic carbocycles. The molecule has 0 amide bonds. The third-order valence-corrected chi connectivity index (χ3v) is 2.49. The van der Waals surface area contributed by atoms with Gasteiger partial charge in [-0.2, -0.15) is 0 Å². The first-order valence-electron chi connectivity index (χ1n) is 4.15. The molecule has 0 aromatic heterocycles. The topological polar surface area (TPSA) is 32.3 Å². The van der Waals surface area contributed by atoms with Crippen LogP contribution in [0.5, 0.6) is 5.75 Å². The van der Waals surface area contributed by atoms with E-state index in [1.807, 2.05) is 27.0 Å². The summed E-state index contributed by atoms with van der Waals surface area (Å²) in [6.45, 7) is 3.99. The van der Waals surface area contributed by atoms with Crippen molar-refractivity contribution >= 4 is 11.6 Å². The molecule has 0 bridgehead atoms. The van der Waals surface area contributed by atoms with Gasteiger partial charge in [-0.15, -0.1) is 0 Å². The van der Waals surface area contributed by atoms with E-state index in [9.17, 15) is 5.11 Å². The molecule has 0 heterocycles. The summed E-state index contributed by atoms with van der Waals surface area (Å²) < 4.78 is 0. The van der Waals surface area contributed by atoms with Crippen LogP contribution in [0.2, 0.25) is 5.02 Å². The van der Waals surface area contributed by atoms with Gasteiger partial charge in [0.25, 0.3) is 0 Å². The molecule has 0 saturated heterocycles. The van der Waals surface area contributed by atoms with Crippen molar-refractivity contribution in [2.45, 2.75) is 19.4 Å². The Kier molecular flexibility index (Phi) is 2.84. The quantitative estimate of drug-likeness (QED) is 0.767. The highest BCUT2D eigenvalue weighted by atomic mass is 35.5. The predicted molar refractivity (Wildman–Crippen MR) is 55.2 cm³/mol. The third-order valence-electron chi connectivity index (χ3n) is 2.26. The maximum absolute atomic E-state index is 9.63. The molecule has 1 aromatic carbocycles. The largest absolute Gasteiger partial charge is 0.508 e. The van der Waals surface area contributed by atoms with Gasteiger partial charge in [-0.3, -0.25) is 0 Å². The molecule has 1 aromatic rings. The van der Waals surface area contributed by atoms with Crippen molar-refractivity contribution in [3.63, 3.8) is 0 Å². The lowest BCUT2D eigenvalue weighted by Crippen LogP contribution is -2.33. The molecule has 0 aliphatic heterocycles. The Balaban J connectivity index is 3.16. The molecule has 72 valence electrons. The molecular formula is C10H14ClNO. The van der Waals surface area contributed by atoms with E-state index in [-0.39, 0.29) is 11.3 Å². The number of nitrogens with one attached hydrogen (secondary N) is 1. The number of phenols is 1. The first-order chi connectivity index (χ1) is 5.97. The SMILES string of the molecule is CNC(C)(C)c1ccc(Cl)cc1O. The number of benzene rings is 1. The van der Waals surface area contributed by atoms with Crippen LogP contribution in [0, 0.1) is 0 Å². The third kappa shape index (κ3) is 2.14. The average Bonchev–Trinajstić information content (AvgIpc) is 2.03. The Morgan fingerprint density at radius 2 is 2.00 bits per heavy atom. The van der Waals surface area contributed by atoms with Crippen molar-refractivity contribution in [1.29, 1.82) is 0 Å². The van der Waals surface area contributed by atoms with Crippen LogP contribution in [0.25, 0.3) is 0 Å². The van der Waals surface area contributed by atoms with Crippen molar-refractivity contribution in [3.05, 3.63) is 28.8 Å². The van der Waals surface area contributed by atoms with E-state index in [1.54, 1.807) is 12.1 Å². The molecule has 3 heteroatoms. The second kappa shape index (κ2) is 3.56. The minimum atomic E-state index is -0.241. The van der Waals surface area contributed by atoms with E-state index >= 15 is 0 Å². The number of rotatable bonds is 2. The second-order valence-electron chi connectivity index (χ2n) is 3.54. The van der Waals surface area contributed by atoms with Crippen LogP contribution in [0.3, 0.4) is 0 Å². The first-order valence-corrected chi connectivity index (χ1v) is 4.53. The van der Waals surface area contributed by atoms with Gasteiger partial charge < -0.3 is 10.4 Å². The summed E-state index contributed by atoms with van der Waals surface area (Å²) in [5, 5.41) is 13.3. The normalized spacial score (nSPS) is 11.7. The highest BCUT2D eigenvalue weighted by Gasteiger charge is 2.21. The van der Waals surface area contributed by atoms with Crippen LogP contribution in [-0.4, -0.2) is 12.2 Å². The van der Waals surface area contributed by atoms with Gasteiger partial charge in [-0.1, -0.05) is 17.7 Å². The Bertz CT molecular complexity index is 310. The summed E-state index contributed by atoms with van der Waals surface area (Å²) in [5.74, 6) is 0.229. The van der Waals surface area contributed by atoms with Gasteiger partial charge in [0.15, 0.2) is 0 Å². The minimum Gasteiger partial charge on any atom is -0.508 e. The summed E-state index contributed by atoms with van der Waals surface area (Å²) in [4.78, 5) is 0. The number of aromatic hydroxyl groups is 1. The van der Waals surface area contributed by atoms with Gasteiger partial charge in [0, 0.05) is 16.1 Å². The summed E-state index contributed by atoms with van der Waals surface area (Å²) in [5.41, 5.74) is 0.605. The van der Waals surface area contributed by atoms with E-state index in [0.29, 0.717) is 5.02 Å². The maximum Gasteiger partial charge on any atom is 0.122 e. The number of hydrogen-bond acceptors (Lipinski definition) is 2. The molecule has 1 rings (SSSR count). The van der Waals surface area contributed by atoms with Gasteiger partial charge >= 0.3 is 0 Å². The zero-order chi connectivity index (χ0) is 10.1. The van der Waals surface area contributed by atoms with Crippen LogP contribution in [-0.2, 0) is 5.54 Å². The number of halogens is 1. The zero-order valence-corrected chi connectivity index (χ0v) is 8.81. The maximum atomic E-state index is 9.63. The van der Waals surface area contributed by atoms with Crippen molar-refractivity contribution in [2.75, 3.05) is 7.05 Å². The molecule has 0 fully saturated rings. The Labute approximate surface area is 83.5 Å². The molecule has 0 unspecified atom stereocenters. The molecule has 0 saturated carbocycles. The predicted octanol–water partition coefficient (Wildman–Crippen LogP) is 2.50. The lowest BCUT2D eigenvalue weighted by molar-refractivity contribution is 0.401. The standard InChI is InChI=1S/C10H14ClNO/c1-10(2,12-3)8-5-4-7(11)6-9(8)13/h4-6,12-13H,1-3H3. The van der Waals surface area contributed by atoms with Crippen LogP contribution in [0.4, 0.5) is 0 Å². The van der Waals surface area contributed by atoms with E-state index in [4.69, 9.17) is 11.6 Å². The van der Waals surface area contributed by atoms with Crippen LogP contribution in [0.1, 0.15) is 19.4 Å². The fraction of sp³-hybridized carbons (Fsp3) is 0.400. The molecule has 0 atom stereocenters. The number of phenolic OH excluding ortho intramolecular Hbond substituents is 1. The average molecular weight is 200 g/mol. The minimum absolute atomic E-state index is 0.229. The monoisotopic (exact) mass is 199 g/mol. The fourth-order valence-electron chi connectivity index (χ4n) is 1.17. The van der Waals surface area contributed by atoms with Gasteiger partial charge in [0.1, 0.15) is 5.75 Å². The zero-order valence-electron chi connectivity index (χ0n) is 8.06. The van der Waals surface area contributed by atoms with Crippen molar-refractivity contribution in [3.8, 4) is 5.75 Å². The Morgan fingerprint density at radius 1 is 1.38 bits per heavy atom. The number of hydrogen-bond donors (Lipinski definition) is 2. The Hall–Kier alpha value is -0.730. The summed E-state index contributed by atoms with van der Waals surface area (Å²) >= 11 is 5.73. The van der Waals surface area contributed by atoms with E-state index < -0.39 is 0 Å². The lowest BCUT2D eigenvalue weighted by Gasteiger charge is -2.25. The van der Waals surface area contributed by atoms with Crippen LogP contribution in [0.15, 0.2) is 18.2 Å². The molecular weight excluding hydrogens is 186 g/mol. The highest BCUT2D eigenvalue weighted by Crippen LogP contribution is 2.30. The van der Waals surface area contributed by atoms with E-state index in [2.05, 4.69) is 5.32 Å². The molecule has 0 spiro atoms. The summed E-state index contributed by atoms with van der Waals surface area (Å²) in [6.07, 6.45) is 0. The van der Waals surface area contributed by atoms with Gasteiger partial charge in [-0.25, -0.2) is 0 Å². The molecule has 2 nitrogen and oxygen atoms in total. The Morgan fingerprint density at radius 3 is 2.46 bits per heavy atom. The van der Waals surface area contributed by atoms with Gasteiger partial charge in [0.2, 0.25) is 0 Å². The molecule has 13 heavy (non-hydrogen) atoms. The van der Waals surface area contributed by atoms with Gasteiger partial charge in [0.05, 0.1) is 0 Å². The summed E-state index contributed by atoms with van der Waals surface area (Å²) in [6, 6.07) is 5.15. The van der Waals surface area contributed by atoms with Crippen molar-refractivity contribution in [1.82, 2.24) is 5.32 Å². The van der Waals surface area contributed by atoms with Crippen molar-refractivity contribution < 1.29 is 5.11 Å². The first kappa shape index (κ1) is 10.4.